The Bertz CT molecular complexity index is 358. The minimum Gasteiger partial charge on any atom is -0.334 e. The topological polar surface area (TPSA) is 28.0 Å². The Labute approximate surface area is 98.0 Å². The number of hydrogen-bond acceptors (Lipinski definition) is 3. The van der Waals surface area contributed by atoms with Gasteiger partial charge >= 0.3 is 0 Å². The second-order valence-electron chi connectivity index (χ2n) is 5.81. The molecule has 16 heavy (non-hydrogen) atoms. The van der Waals surface area contributed by atoms with Crippen LogP contribution in [0.2, 0.25) is 0 Å². The minimum atomic E-state index is 0.0830. The van der Waals surface area contributed by atoms with Gasteiger partial charge in [0, 0.05) is 11.3 Å². The molecule has 2 aliphatic heterocycles. The third-order valence-electron chi connectivity index (χ3n) is 3.07. The van der Waals surface area contributed by atoms with E-state index >= 15 is 0 Å². The normalized spacial score (nSPS) is 28.6. The van der Waals surface area contributed by atoms with Gasteiger partial charge in [0.05, 0.1) is 6.34 Å². The maximum Gasteiger partial charge on any atom is 0.148 e. The first-order valence-electron chi connectivity index (χ1n) is 5.97. The third kappa shape index (κ3) is 1.91. The Hall–Kier alpha value is -1.12. The Balaban J connectivity index is 2.25. The lowest BCUT2D eigenvalue weighted by molar-refractivity contribution is 0.193. The van der Waals surface area contributed by atoms with Crippen LogP contribution >= 0.6 is 0 Å². The predicted molar refractivity (Wildman–Crippen MR) is 69.1 cm³/mol. The van der Waals surface area contributed by atoms with Gasteiger partial charge in [-0.25, -0.2) is 0 Å². The first-order chi connectivity index (χ1) is 7.39. The first kappa shape index (κ1) is 11.4. The summed E-state index contributed by atoms with van der Waals surface area (Å²) in [6, 6.07) is 0.210. The van der Waals surface area contributed by atoms with Crippen molar-refractivity contribution in [1.29, 1.82) is 0 Å². The van der Waals surface area contributed by atoms with E-state index in [1.54, 1.807) is 0 Å². The van der Waals surface area contributed by atoms with Gasteiger partial charge in [0.2, 0.25) is 0 Å². The lowest BCUT2D eigenvalue weighted by Crippen LogP contribution is -2.47. The van der Waals surface area contributed by atoms with Gasteiger partial charge in [-0.1, -0.05) is 19.9 Å². The van der Waals surface area contributed by atoms with Crippen LogP contribution in [0.3, 0.4) is 0 Å². The molecule has 2 unspecified atom stereocenters. The molecule has 2 atom stereocenters. The predicted octanol–water partition coefficient (Wildman–Crippen LogP) is 2.49. The van der Waals surface area contributed by atoms with Gasteiger partial charge in [0.25, 0.3) is 0 Å². The van der Waals surface area contributed by atoms with Gasteiger partial charge in [0.15, 0.2) is 0 Å². The second-order valence-corrected chi connectivity index (χ2v) is 5.81. The van der Waals surface area contributed by atoms with Crippen LogP contribution in [0, 0.1) is 5.92 Å². The molecule has 0 amide bonds. The Morgan fingerprint density at radius 1 is 1.31 bits per heavy atom. The van der Waals surface area contributed by atoms with Crippen molar-refractivity contribution in [3.63, 3.8) is 0 Å². The molecule has 0 spiro atoms. The van der Waals surface area contributed by atoms with E-state index in [2.05, 4.69) is 56.7 Å². The van der Waals surface area contributed by atoms with E-state index in [4.69, 9.17) is 4.99 Å². The number of allylic oxidation sites excluding steroid dienone is 1. The molecule has 88 valence electrons. The van der Waals surface area contributed by atoms with Gasteiger partial charge < -0.3 is 4.90 Å². The van der Waals surface area contributed by atoms with Crippen molar-refractivity contribution < 1.29 is 0 Å². The zero-order valence-corrected chi connectivity index (χ0v) is 10.8. The molecule has 0 aromatic carbocycles. The van der Waals surface area contributed by atoms with Gasteiger partial charge in [-0.05, 0) is 32.8 Å². The summed E-state index contributed by atoms with van der Waals surface area (Å²) in [7, 11) is 0. The molecule has 3 nitrogen and oxygen atoms in total. The summed E-state index contributed by atoms with van der Waals surface area (Å²) in [5.41, 5.74) is 1.26. The summed E-state index contributed by atoms with van der Waals surface area (Å²) in [6.07, 6.45) is 6.42. The monoisotopic (exact) mass is 219 g/mol. The number of rotatable bonds is 1. The highest BCUT2D eigenvalue weighted by molar-refractivity contribution is 5.97. The largest absolute Gasteiger partial charge is 0.334 e. The Morgan fingerprint density at radius 2 is 2.00 bits per heavy atom. The molecule has 0 saturated carbocycles. The fourth-order valence-corrected chi connectivity index (χ4v) is 2.05. The fraction of sp³-hybridized carbons (Fsp3) is 0.692. The quantitative estimate of drug-likeness (QED) is 0.666. The number of hydrogen-bond donors (Lipinski definition) is 0. The Morgan fingerprint density at radius 3 is 2.56 bits per heavy atom. The number of aliphatic imine (C=N–C) groups is 2. The average Bonchev–Trinajstić information content (AvgIpc) is 2.58. The molecule has 0 aromatic heterocycles. The molecule has 2 heterocycles. The van der Waals surface area contributed by atoms with Gasteiger partial charge in [0.1, 0.15) is 12.2 Å². The lowest BCUT2D eigenvalue weighted by Gasteiger charge is -2.37. The van der Waals surface area contributed by atoms with E-state index in [1.165, 1.54) is 5.71 Å². The van der Waals surface area contributed by atoms with Crippen LogP contribution in [0.25, 0.3) is 0 Å². The maximum atomic E-state index is 4.82. The van der Waals surface area contributed by atoms with E-state index in [0.717, 1.165) is 0 Å². The van der Waals surface area contributed by atoms with E-state index in [9.17, 15) is 0 Å². The van der Waals surface area contributed by atoms with Crippen molar-refractivity contribution in [3.8, 4) is 0 Å². The van der Waals surface area contributed by atoms with Crippen molar-refractivity contribution in [3.05, 3.63) is 12.2 Å². The van der Waals surface area contributed by atoms with E-state index in [0.29, 0.717) is 5.92 Å². The molecule has 0 aromatic rings. The molecule has 0 saturated heterocycles. The highest BCUT2D eigenvalue weighted by atomic mass is 15.4. The van der Waals surface area contributed by atoms with Crippen LogP contribution in [-0.4, -0.2) is 34.7 Å². The zero-order valence-electron chi connectivity index (χ0n) is 10.8. The van der Waals surface area contributed by atoms with Crippen molar-refractivity contribution in [2.75, 3.05) is 0 Å². The number of fused-ring (bicyclic) bond motifs is 1. The van der Waals surface area contributed by atoms with Crippen molar-refractivity contribution in [2.45, 2.75) is 52.4 Å². The highest BCUT2D eigenvalue weighted by Gasteiger charge is 2.36. The van der Waals surface area contributed by atoms with E-state index in [-0.39, 0.29) is 17.7 Å². The molecule has 3 heteroatoms. The van der Waals surface area contributed by atoms with Crippen molar-refractivity contribution >= 4 is 12.1 Å². The second kappa shape index (κ2) is 3.72. The van der Waals surface area contributed by atoms with Crippen LogP contribution in [0.15, 0.2) is 22.1 Å². The van der Waals surface area contributed by atoms with Crippen LogP contribution < -0.4 is 0 Å². The molecule has 0 radical (unpaired) electrons. The van der Waals surface area contributed by atoms with Crippen LogP contribution in [0.1, 0.15) is 34.6 Å². The van der Waals surface area contributed by atoms with Crippen molar-refractivity contribution in [2.24, 2.45) is 15.9 Å². The summed E-state index contributed by atoms with van der Waals surface area (Å²) in [4.78, 5) is 11.6. The molecule has 2 aliphatic rings. The standard InChI is InChI=1S/C13H21N3/c1-9(2)10-6-7-11-12(15-10)16(8-14-11)13(3,4)5/h6-9,11-12H,1-5H3. The molecular weight excluding hydrogens is 198 g/mol. The first-order valence-corrected chi connectivity index (χ1v) is 5.97. The van der Waals surface area contributed by atoms with Gasteiger partial charge in [-0.15, -0.1) is 0 Å². The Kier molecular flexibility index (Phi) is 2.64. The molecule has 2 rings (SSSR count). The molecule has 0 N–H and O–H groups in total. The molecule has 0 fully saturated rings. The molecule has 0 aliphatic carbocycles. The molecular formula is C13H21N3. The van der Waals surface area contributed by atoms with E-state index in [1.807, 2.05) is 6.34 Å². The van der Waals surface area contributed by atoms with Gasteiger partial charge in [-0.3, -0.25) is 9.98 Å². The summed E-state index contributed by atoms with van der Waals surface area (Å²) in [5.74, 6) is 0.486. The fourth-order valence-electron chi connectivity index (χ4n) is 2.05. The van der Waals surface area contributed by atoms with Crippen LogP contribution in [0.4, 0.5) is 0 Å². The molecule has 0 bridgehead atoms. The smallest absolute Gasteiger partial charge is 0.148 e. The van der Waals surface area contributed by atoms with Gasteiger partial charge in [-0.2, -0.15) is 0 Å². The van der Waals surface area contributed by atoms with Crippen LogP contribution in [-0.2, 0) is 0 Å². The van der Waals surface area contributed by atoms with Crippen molar-refractivity contribution in [1.82, 2.24) is 4.90 Å². The minimum absolute atomic E-state index is 0.0830. The zero-order chi connectivity index (χ0) is 11.9. The lowest BCUT2D eigenvalue weighted by atomic mass is 10.00. The summed E-state index contributed by atoms with van der Waals surface area (Å²) in [6.45, 7) is 11.0. The third-order valence-corrected chi connectivity index (χ3v) is 3.07. The summed E-state index contributed by atoms with van der Waals surface area (Å²) < 4.78 is 0. The summed E-state index contributed by atoms with van der Waals surface area (Å²) >= 11 is 0. The maximum absolute atomic E-state index is 4.82. The number of dihydropyridines is 1. The highest BCUT2D eigenvalue weighted by Crippen LogP contribution is 2.27. The average molecular weight is 219 g/mol. The van der Waals surface area contributed by atoms with E-state index < -0.39 is 0 Å². The summed E-state index contributed by atoms with van der Waals surface area (Å²) in [5, 5.41) is 0. The SMILES string of the molecule is CC(C)C1=NC2C(C=C1)N=CN2C(C)(C)C. The number of nitrogens with zero attached hydrogens (tertiary/aromatic N) is 3. The van der Waals surface area contributed by atoms with Crippen LogP contribution in [0.5, 0.6) is 0 Å².